The van der Waals surface area contributed by atoms with Crippen LogP contribution < -0.4 is 5.32 Å². The fourth-order valence-corrected chi connectivity index (χ4v) is 2.11. The van der Waals surface area contributed by atoms with Crippen molar-refractivity contribution in [2.45, 2.75) is 25.8 Å². The molecule has 1 N–H and O–H groups in total. The van der Waals surface area contributed by atoms with Crippen LogP contribution in [0.5, 0.6) is 0 Å². The predicted octanol–water partition coefficient (Wildman–Crippen LogP) is 1.42. The minimum Gasteiger partial charge on any atom is -0.465 e. The van der Waals surface area contributed by atoms with Gasteiger partial charge in [0.2, 0.25) is 11.8 Å². The first-order valence-corrected chi connectivity index (χ1v) is 6.77. The second kappa shape index (κ2) is 6.39. The highest BCUT2D eigenvalue weighted by Crippen LogP contribution is 2.26. The van der Waals surface area contributed by atoms with Gasteiger partial charge in [-0.2, -0.15) is 0 Å². The molecule has 0 bridgehead atoms. The summed E-state index contributed by atoms with van der Waals surface area (Å²) in [5.41, 5.74) is 0.669. The fraction of sp³-hybridized carbons (Fsp3) is 0.400. The SMILES string of the molecule is COC(=O)c1ccccc1NC(=O)CN(C(C)=O)C1CC1. The summed E-state index contributed by atoms with van der Waals surface area (Å²) in [5.74, 6) is -0.959. The number of para-hydroxylation sites is 1. The van der Waals surface area contributed by atoms with E-state index in [0.717, 1.165) is 12.8 Å². The topological polar surface area (TPSA) is 75.7 Å². The molecule has 2 rings (SSSR count). The predicted molar refractivity (Wildman–Crippen MR) is 76.8 cm³/mol. The molecule has 0 saturated heterocycles. The lowest BCUT2D eigenvalue weighted by Crippen LogP contribution is -2.38. The number of anilines is 1. The molecule has 1 saturated carbocycles. The molecule has 0 unspecified atom stereocenters. The van der Waals surface area contributed by atoms with Crippen LogP contribution in [0.3, 0.4) is 0 Å². The van der Waals surface area contributed by atoms with Gasteiger partial charge in [0.1, 0.15) is 6.54 Å². The summed E-state index contributed by atoms with van der Waals surface area (Å²) in [7, 11) is 1.28. The van der Waals surface area contributed by atoms with E-state index in [2.05, 4.69) is 10.1 Å². The zero-order valence-corrected chi connectivity index (χ0v) is 12.1. The van der Waals surface area contributed by atoms with Gasteiger partial charge < -0.3 is 15.0 Å². The molecule has 1 fully saturated rings. The van der Waals surface area contributed by atoms with Crippen LogP contribution >= 0.6 is 0 Å². The standard InChI is InChI=1S/C15H18N2O4/c1-10(18)17(11-7-8-11)9-14(19)16-13-6-4-3-5-12(13)15(20)21-2/h3-6,11H,7-9H2,1-2H3,(H,16,19). The van der Waals surface area contributed by atoms with Crippen LogP contribution in [-0.2, 0) is 14.3 Å². The van der Waals surface area contributed by atoms with Crippen LogP contribution in [0, 0.1) is 0 Å². The summed E-state index contributed by atoms with van der Waals surface area (Å²) in [4.78, 5) is 36.8. The van der Waals surface area contributed by atoms with Crippen molar-refractivity contribution in [3.8, 4) is 0 Å². The van der Waals surface area contributed by atoms with Crippen molar-refractivity contribution >= 4 is 23.5 Å². The van der Waals surface area contributed by atoms with E-state index < -0.39 is 5.97 Å². The Labute approximate surface area is 123 Å². The Hall–Kier alpha value is -2.37. The lowest BCUT2D eigenvalue weighted by atomic mass is 10.2. The summed E-state index contributed by atoms with van der Waals surface area (Å²) in [5, 5.41) is 2.66. The van der Waals surface area contributed by atoms with E-state index in [0.29, 0.717) is 5.69 Å². The number of ether oxygens (including phenoxy) is 1. The van der Waals surface area contributed by atoms with Crippen LogP contribution in [0.1, 0.15) is 30.1 Å². The molecule has 2 amide bonds. The zero-order valence-electron chi connectivity index (χ0n) is 12.1. The number of carbonyl (C=O) groups excluding carboxylic acids is 3. The number of rotatable bonds is 5. The fourth-order valence-electron chi connectivity index (χ4n) is 2.11. The van der Waals surface area contributed by atoms with Crippen molar-refractivity contribution < 1.29 is 19.1 Å². The number of hydrogen-bond acceptors (Lipinski definition) is 4. The maximum Gasteiger partial charge on any atom is 0.339 e. The second-order valence-electron chi connectivity index (χ2n) is 4.96. The minimum absolute atomic E-state index is 0.00446. The van der Waals surface area contributed by atoms with Gasteiger partial charge in [0.15, 0.2) is 0 Å². The van der Waals surface area contributed by atoms with E-state index in [1.54, 1.807) is 29.2 Å². The number of amides is 2. The average Bonchev–Trinajstić information content (AvgIpc) is 3.28. The van der Waals surface area contributed by atoms with Gasteiger partial charge in [-0.3, -0.25) is 9.59 Å². The Morgan fingerprint density at radius 3 is 2.52 bits per heavy atom. The van der Waals surface area contributed by atoms with Gasteiger partial charge in [-0.25, -0.2) is 4.79 Å². The molecule has 0 aromatic heterocycles. The first-order valence-electron chi connectivity index (χ1n) is 6.77. The third kappa shape index (κ3) is 3.81. The van der Waals surface area contributed by atoms with Crippen molar-refractivity contribution in [3.63, 3.8) is 0 Å². The average molecular weight is 290 g/mol. The van der Waals surface area contributed by atoms with Gasteiger partial charge in [-0.1, -0.05) is 12.1 Å². The quantitative estimate of drug-likeness (QED) is 0.832. The highest BCUT2D eigenvalue weighted by atomic mass is 16.5. The molecular formula is C15H18N2O4. The molecule has 112 valence electrons. The Morgan fingerprint density at radius 2 is 1.95 bits per heavy atom. The van der Waals surface area contributed by atoms with E-state index in [1.165, 1.54) is 14.0 Å². The molecule has 0 heterocycles. The highest BCUT2D eigenvalue weighted by molar-refractivity contribution is 6.02. The van der Waals surface area contributed by atoms with E-state index in [1.807, 2.05) is 0 Å². The highest BCUT2D eigenvalue weighted by Gasteiger charge is 2.32. The molecular weight excluding hydrogens is 272 g/mol. The Kier molecular flexibility index (Phi) is 4.57. The van der Waals surface area contributed by atoms with Crippen molar-refractivity contribution in [1.82, 2.24) is 4.90 Å². The zero-order chi connectivity index (χ0) is 15.4. The van der Waals surface area contributed by atoms with Crippen molar-refractivity contribution in [2.75, 3.05) is 19.0 Å². The monoisotopic (exact) mass is 290 g/mol. The smallest absolute Gasteiger partial charge is 0.339 e. The molecule has 21 heavy (non-hydrogen) atoms. The third-order valence-corrected chi connectivity index (χ3v) is 3.31. The maximum absolute atomic E-state index is 12.1. The number of nitrogens with one attached hydrogen (secondary N) is 1. The molecule has 0 aliphatic heterocycles. The summed E-state index contributed by atoms with van der Waals surface area (Å²) >= 11 is 0. The van der Waals surface area contributed by atoms with E-state index in [4.69, 9.17) is 0 Å². The van der Waals surface area contributed by atoms with Gasteiger partial charge in [-0.15, -0.1) is 0 Å². The van der Waals surface area contributed by atoms with E-state index in [9.17, 15) is 14.4 Å². The van der Waals surface area contributed by atoms with Crippen LogP contribution in [0.25, 0.3) is 0 Å². The largest absolute Gasteiger partial charge is 0.465 e. The van der Waals surface area contributed by atoms with E-state index in [-0.39, 0.29) is 30.0 Å². The van der Waals surface area contributed by atoms with Gasteiger partial charge in [0.25, 0.3) is 0 Å². The van der Waals surface area contributed by atoms with Gasteiger partial charge in [0, 0.05) is 13.0 Å². The number of benzene rings is 1. The molecule has 0 radical (unpaired) electrons. The summed E-state index contributed by atoms with van der Waals surface area (Å²) in [6.45, 7) is 1.45. The molecule has 0 spiro atoms. The Bertz CT molecular complexity index is 567. The number of esters is 1. The molecule has 0 atom stereocenters. The molecule has 6 nitrogen and oxygen atoms in total. The normalized spacial score (nSPS) is 13.4. The van der Waals surface area contributed by atoms with Crippen LogP contribution in [0.2, 0.25) is 0 Å². The van der Waals surface area contributed by atoms with Crippen molar-refractivity contribution in [1.29, 1.82) is 0 Å². The maximum atomic E-state index is 12.1. The summed E-state index contributed by atoms with van der Waals surface area (Å²) in [6.07, 6.45) is 1.87. The first-order chi connectivity index (χ1) is 10.0. The molecule has 1 aromatic carbocycles. The number of methoxy groups -OCH3 is 1. The van der Waals surface area contributed by atoms with Crippen LogP contribution in [0.15, 0.2) is 24.3 Å². The molecule has 1 aromatic rings. The summed E-state index contributed by atoms with van der Waals surface area (Å²) in [6, 6.07) is 6.77. The third-order valence-electron chi connectivity index (χ3n) is 3.31. The Balaban J connectivity index is 2.05. The lowest BCUT2D eigenvalue weighted by molar-refractivity contribution is -0.133. The van der Waals surface area contributed by atoms with Gasteiger partial charge in [0.05, 0.1) is 18.4 Å². The van der Waals surface area contributed by atoms with Gasteiger partial charge in [-0.05, 0) is 25.0 Å². The number of nitrogens with zero attached hydrogens (tertiary/aromatic N) is 1. The minimum atomic E-state index is -0.517. The van der Waals surface area contributed by atoms with E-state index >= 15 is 0 Å². The summed E-state index contributed by atoms with van der Waals surface area (Å²) < 4.78 is 4.67. The van der Waals surface area contributed by atoms with Crippen molar-refractivity contribution in [2.24, 2.45) is 0 Å². The van der Waals surface area contributed by atoms with Crippen LogP contribution in [0.4, 0.5) is 5.69 Å². The number of carbonyl (C=O) groups is 3. The molecule has 1 aliphatic rings. The Morgan fingerprint density at radius 1 is 1.29 bits per heavy atom. The lowest BCUT2D eigenvalue weighted by Gasteiger charge is -2.20. The first kappa shape index (κ1) is 15.0. The van der Waals surface area contributed by atoms with Gasteiger partial charge >= 0.3 is 5.97 Å². The van der Waals surface area contributed by atoms with Crippen molar-refractivity contribution in [3.05, 3.63) is 29.8 Å². The van der Waals surface area contributed by atoms with Crippen LogP contribution in [-0.4, -0.2) is 42.4 Å². The number of hydrogen-bond donors (Lipinski definition) is 1. The molecule has 6 heteroatoms. The molecule has 1 aliphatic carbocycles. The second-order valence-corrected chi connectivity index (χ2v) is 4.96.